The summed E-state index contributed by atoms with van der Waals surface area (Å²) in [6.07, 6.45) is 3.53. The van der Waals surface area contributed by atoms with Gasteiger partial charge >= 0.3 is 11.9 Å². The summed E-state index contributed by atoms with van der Waals surface area (Å²) in [5.41, 5.74) is 12.8. The van der Waals surface area contributed by atoms with Crippen LogP contribution in [0.3, 0.4) is 0 Å². The van der Waals surface area contributed by atoms with E-state index in [4.69, 9.17) is 9.47 Å². The van der Waals surface area contributed by atoms with Gasteiger partial charge in [-0.05, 0) is 143 Å². The maximum Gasteiger partial charge on any atom is 0.314 e. The molecule has 88 heavy (non-hydrogen) atoms. The minimum absolute atomic E-state index is 0.135. The van der Waals surface area contributed by atoms with E-state index in [1.54, 1.807) is 0 Å². The molecule has 2 N–H and O–H groups in total. The van der Waals surface area contributed by atoms with Crippen LogP contribution in [0.4, 0.5) is 22.7 Å². The third kappa shape index (κ3) is 15.4. The highest BCUT2D eigenvalue weighted by Crippen LogP contribution is 2.38. The second-order valence-electron chi connectivity index (χ2n) is 22.4. The third-order valence-electron chi connectivity index (χ3n) is 16.8. The van der Waals surface area contributed by atoms with Crippen molar-refractivity contribution in [1.82, 2.24) is 0 Å². The van der Waals surface area contributed by atoms with Gasteiger partial charge in [-0.2, -0.15) is 0 Å². The third-order valence-corrected chi connectivity index (χ3v) is 16.8. The van der Waals surface area contributed by atoms with Crippen LogP contribution < -0.4 is 20.4 Å². The van der Waals surface area contributed by atoms with Gasteiger partial charge in [-0.1, -0.05) is 218 Å². The highest BCUT2D eigenvalue weighted by atomic mass is 16.5. The van der Waals surface area contributed by atoms with Crippen molar-refractivity contribution in [3.63, 3.8) is 0 Å². The Morgan fingerprint density at radius 2 is 0.648 bits per heavy atom. The van der Waals surface area contributed by atoms with Crippen molar-refractivity contribution >= 4 is 46.5 Å². The number of hydrogen-bond acceptors (Lipinski definition) is 8. The molecule has 2 saturated heterocycles. The van der Waals surface area contributed by atoms with Crippen LogP contribution >= 0.6 is 0 Å². The Hall–Kier alpha value is -10.3. The predicted octanol–water partition coefficient (Wildman–Crippen LogP) is 16.7. The summed E-state index contributed by atoms with van der Waals surface area (Å²) in [6.45, 7) is 3.93. The summed E-state index contributed by atoms with van der Waals surface area (Å²) >= 11 is 0. The molecule has 2 aliphatic rings. The molecule has 2 fully saturated rings. The number of amides is 2. The Morgan fingerprint density at radius 1 is 0.352 bits per heavy atom. The van der Waals surface area contributed by atoms with Crippen molar-refractivity contribution in [2.75, 3.05) is 46.6 Å². The lowest BCUT2D eigenvalue weighted by molar-refractivity contribution is -0.149. The molecule has 10 heteroatoms. The largest absolute Gasteiger partial charge is 0.460 e. The lowest BCUT2D eigenvalue weighted by Gasteiger charge is -2.36. The molecule has 12 rings (SSSR count). The quantitative estimate of drug-likeness (QED) is 0.0816. The average Bonchev–Trinajstić information content (AvgIpc) is 3.52. The second-order valence-corrected chi connectivity index (χ2v) is 22.4. The summed E-state index contributed by atoms with van der Waals surface area (Å²) in [5, 5.41) is 6.13. The summed E-state index contributed by atoms with van der Waals surface area (Å²) in [5.74, 6) is -0.787. The fraction of sp³-hybridized carbons (Fsp3) is 0.179. The van der Waals surface area contributed by atoms with E-state index in [1.807, 2.05) is 255 Å². The summed E-state index contributed by atoms with van der Waals surface area (Å²) in [6, 6.07) is 91.0. The topological polar surface area (TPSA) is 117 Å². The smallest absolute Gasteiger partial charge is 0.314 e. The number of benzene rings is 10. The first-order valence-corrected chi connectivity index (χ1v) is 30.4. The first-order chi connectivity index (χ1) is 43.3. The van der Waals surface area contributed by atoms with Crippen LogP contribution in [-0.4, -0.2) is 49.9 Å². The van der Waals surface area contributed by atoms with Crippen LogP contribution in [0.15, 0.2) is 279 Å². The number of carbonyl (C=O) groups is 4. The minimum atomic E-state index is -0.293. The number of anilines is 4. The molecule has 2 amide bonds. The zero-order chi connectivity index (χ0) is 60.3. The van der Waals surface area contributed by atoms with Gasteiger partial charge in [0.15, 0.2) is 0 Å². The monoisotopic (exact) mass is 1160 g/mol. The van der Waals surface area contributed by atoms with Gasteiger partial charge in [0.1, 0.15) is 13.2 Å². The number of nitrogens with zero attached hydrogens (tertiary/aromatic N) is 2. The van der Waals surface area contributed by atoms with Gasteiger partial charge in [0.2, 0.25) is 0 Å². The normalized spacial score (nSPS) is 14.0. The standard InChI is InChI=1S/2C39H36N2O3/c2*42-38(36-19-11-10-18-35(36)30-14-6-2-7-15-30)40-33-20-22-34(23-21-33)41-26-24-32(25-27-41)37(31-16-8-3-9-17-31)39(43)44-28-29-12-4-1-5-13-29/h2*1-23,32,37H,24-28H2,(H,40,42). The Labute approximate surface area is 516 Å². The Balaban J connectivity index is 0.000000182. The molecule has 0 aromatic heterocycles. The van der Waals surface area contributed by atoms with Gasteiger partial charge in [-0.25, -0.2) is 0 Å². The zero-order valence-corrected chi connectivity index (χ0v) is 49.3. The number of rotatable bonds is 18. The Bertz CT molecular complexity index is 3580. The summed E-state index contributed by atoms with van der Waals surface area (Å²) < 4.78 is 11.7. The lowest BCUT2D eigenvalue weighted by Crippen LogP contribution is -2.37. The predicted molar refractivity (Wildman–Crippen MR) is 353 cm³/mol. The van der Waals surface area contributed by atoms with E-state index in [9.17, 15) is 19.2 Å². The molecule has 10 nitrogen and oxygen atoms in total. The molecule has 2 unspecified atom stereocenters. The molecule has 0 bridgehead atoms. The number of carbonyl (C=O) groups excluding carboxylic acids is 4. The number of nitrogens with one attached hydrogen (secondary N) is 2. The Kier molecular flexibility index (Phi) is 20.0. The molecule has 0 radical (unpaired) electrons. The first kappa shape index (κ1) is 59.4. The molecular formula is C78H72N4O6. The van der Waals surface area contributed by atoms with E-state index >= 15 is 0 Å². The number of piperidine rings is 2. The van der Waals surface area contributed by atoms with Crippen LogP contribution in [0.25, 0.3) is 22.3 Å². The summed E-state index contributed by atoms with van der Waals surface area (Å²) in [7, 11) is 0. The van der Waals surface area contributed by atoms with Gasteiger partial charge in [-0.3, -0.25) is 19.2 Å². The van der Waals surface area contributed by atoms with Crippen molar-refractivity contribution in [3.8, 4) is 22.3 Å². The van der Waals surface area contributed by atoms with Crippen molar-refractivity contribution in [2.24, 2.45) is 11.8 Å². The van der Waals surface area contributed by atoms with Crippen molar-refractivity contribution in [1.29, 1.82) is 0 Å². The second kappa shape index (κ2) is 29.7. The fourth-order valence-electron chi connectivity index (χ4n) is 12.2. The van der Waals surface area contributed by atoms with E-state index in [1.165, 1.54) is 0 Å². The SMILES string of the molecule is O=C(Nc1ccc(N2CCC(C(C(=O)OCc3ccccc3)c3ccccc3)CC2)cc1)c1ccccc1-c1ccccc1.O=C(Nc1ccc(N2CCC(C(C(=O)OCc3ccccc3)c3ccccc3)CC2)cc1)c1ccccc1-c1ccccc1. The van der Waals surface area contributed by atoms with Crippen LogP contribution in [-0.2, 0) is 32.3 Å². The molecule has 0 saturated carbocycles. The lowest BCUT2D eigenvalue weighted by atomic mass is 9.80. The van der Waals surface area contributed by atoms with E-state index in [0.717, 1.165) is 119 Å². The fourth-order valence-corrected chi connectivity index (χ4v) is 12.2. The van der Waals surface area contributed by atoms with Gasteiger partial charge < -0.3 is 29.9 Å². The maximum absolute atomic E-state index is 13.4. The van der Waals surface area contributed by atoms with Crippen molar-refractivity contribution in [2.45, 2.75) is 50.7 Å². The van der Waals surface area contributed by atoms with Gasteiger partial charge in [-0.15, -0.1) is 0 Å². The summed E-state index contributed by atoms with van der Waals surface area (Å²) in [4.78, 5) is 58.0. The zero-order valence-electron chi connectivity index (χ0n) is 49.3. The van der Waals surface area contributed by atoms with Crippen molar-refractivity contribution < 1.29 is 28.7 Å². The van der Waals surface area contributed by atoms with Gasteiger partial charge in [0, 0.05) is 60.1 Å². The Morgan fingerprint density at radius 3 is 0.989 bits per heavy atom. The van der Waals surface area contributed by atoms with Crippen LogP contribution in [0.2, 0.25) is 0 Å². The molecule has 0 spiro atoms. The highest BCUT2D eigenvalue weighted by Gasteiger charge is 2.36. The van der Waals surface area contributed by atoms with E-state index < -0.39 is 0 Å². The first-order valence-electron chi connectivity index (χ1n) is 30.4. The van der Waals surface area contributed by atoms with E-state index in [0.29, 0.717) is 11.1 Å². The molecule has 2 atom stereocenters. The molecule has 10 aromatic rings. The van der Waals surface area contributed by atoms with E-state index in [2.05, 4.69) is 44.7 Å². The van der Waals surface area contributed by atoms with Crippen LogP contribution in [0.1, 0.15) is 80.5 Å². The van der Waals surface area contributed by atoms with E-state index in [-0.39, 0.29) is 60.6 Å². The molecule has 2 heterocycles. The maximum atomic E-state index is 13.4. The molecule has 0 aliphatic carbocycles. The number of esters is 2. The van der Waals surface area contributed by atoms with Gasteiger partial charge in [0.25, 0.3) is 11.8 Å². The average molecular weight is 1160 g/mol. The van der Waals surface area contributed by atoms with Gasteiger partial charge in [0.05, 0.1) is 11.8 Å². The number of ether oxygens (including phenoxy) is 2. The number of hydrogen-bond donors (Lipinski definition) is 2. The highest BCUT2D eigenvalue weighted by molar-refractivity contribution is 6.09. The molecule has 2 aliphatic heterocycles. The van der Waals surface area contributed by atoms with Crippen LogP contribution in [0.5, 0.6) is 0 Å². The van der Waals surface area contributed by atoms with Crippen molar-refractivity contribution in [3.05, 3.63) is 312 Å². The molecular weight excluding hydrogens is 1090 g/mol. The van der Waals surface area contributed by atoms with Crippen LogP contribution in [0, 0.1) is 11.8 Å². The minimum Gasteiger partial charge on any atom is -0.460 e. The molecule has 440 valence electrons. The molecule has 10 aromatic carbocycles.